The largest absolute Gasteiger partial charge is 0.490 e. The molecule has 0 radical (unpaired) electrons. The zero-order valence-electron chi connectivity index (χ0n) is 20.7. The van der Waals surface area contributed by atoms with Gasteiger partial charge in [-0.1, -0.05) is 78.9 Å². The lowest BCUT2D eigenvalue weighted by molar-refractivity contribution is -0.139. The van der Waals surface area contributed by atoms with E-state index in [4.69, 9.17) is 4.74 Å². The lowest BCUT2D eigenvalue weighted by Crippen LogP contribution is -2.41. The number of carbonyl (C=O) groups is 2. The fraction of sp³-hybridized carbons (Fsp3) is 0.219. The minimum atomic E-state index is -0.446. The van der Waals surface area contributed by atoms with Crippen molar-refractivity contribution in [2.24, 2.45) is 16.9 Å². The summed E-state index contributed by atoms with van der Waals surface area (Å²) in [5.41, 5.74) is 5.38. The van der Waals surface area contributed by atoms with Crippen molar-refractivity contribution in [2.45, 2.75) is 31.8 Å². The maximum Gasteiger partial charge on any atom is 0.254 e. The van der Waals surface area contributed by atoms with Crippen LogP contribution in [0.5, 0.6) is 5.75 Å². The van der Waals surface area contributed by atoms with E-state index in [9.17, 15) is 9.59 Å². The molecule has 0 spiro atoms. The van der Waals surface area contributed by atoms with E-state index in [2.05, 4.69) is 29.4 Å². The summed E-state index contributed by atoms with van der Waals surface area (Å²) in [6, 6.07) is 28.4. The Bertz CT molecular complexity index is 1510. The molecule has 5 heteroatoms. The van der Waals surface area contributed by atoms with Crippen LogP contribution in [0.15, 0.2) is 90.0 Å². The molecular formula is C32H26N2O3. The monoisotopic (exact) mass is 486 g/mol. The Morgan fingerprint density at radius 3 is 1.78 bits per heavy atom. The van der Waals surface area contributed by atoms with Crippen LogP contribution in [0.2, 0.25) is 0 Å². The van der Waals surface area contributed by atoms with Crippen molar-refractivity contribution < 1.29 is 14.3 Å². The summed E-state index contributed by atoms with van der Waals surface area (Å²) in [6.45, 7) is 3.94. The van der Waals surface area contributed by atoms with Gasteiger partial charge in [-0.05, 0) is 52.9 Å². The van der Waals surface area contributed by atoms with Crippen LogP contribution in [0.25, 0.3) is 10.8 Å². The summed E-state index contributed by atoms with van der Waals surface area (Å²) < 4.78 is 6.07. The molecule has 2 bridgehead atoms. The topological polar surface area (TPSA) is 59.0 Å². The molecule has 1 heterocycles. The van der Waals surface area contributed by atoms with Crippen molar-refractivity contribution in [3.8, 4) is 5.75 Å². The molecule has 0 aromatic heterocycles. The normalized spacial score (nSPS) is 23.6. The summed E-state index contributed by atoms with van der Waals surface area (Å²) in [5, 5.41) is 7.67. The third kappa shape index (κ3) is 3.13. The van der Waals surface area contributed by atoms with Crippen LogP contribution < -0.4 is 4.74 Å². The van der Waals surface area contributed by atoms with Crippen LogP contribution in [-0.2, 0) is 9.59 Å². The lowest BCUT2D eigenvalue weighted by atomic mass is 9.55. The number of hydrogen-bond acceptors (Lipinski definition) is 4. The second-order valence-corrected chi connectivity index (χ2v) is 10.4. The molecule has 4 aromatic rings. The average Bonchev–Trinajstić information content (AvgIpc) is 3.17. The molecule has 2 atom stereocenters. The van der Waals surface area contributed by atoms with Gasteiger partial charge in [0.1, 0.15) is 5.75 Å². The van der Waals surface area contributed by atoms with Crippen molar-refractivity contribution in [3.05, 3.63) is 113 Å². The van der Waals surface area contributed by atoms with Crippen molar-refractivity contribution in [1.29, 1.82) is 0 Å². The smallest absolute Gasteiger partial charge is 0.254 e. The minimum absolute atomic E-state index is 0.0288. The molecule has 1 fully saturated rings. The number of imide groups is 1. The summed E-state index contributed by atoms with van der Waals surface area (Å²) >= 11 is 0. The highest BCUT2D eigenvalue weighted by molar-refractivity contribution is 6.09. The van der Waals surface area contributed by atoms with Gasteiger partial charge in [0, 0.05) is 17.4 Å². The number of benzene rings is 4. The second-order valence-electron chi connectivity index (χ2n) is 10.4. The molecule has 0 unspecified atom stereocenters. The Morgan fingerprint density at radius 1 is 0.730 bits per heavy atom. The molecule has 182 valence electrons. The number of nitrogens with zero attached hydrogens (tertiary/aromatic N) is 2. The molecule has 1 aliphatic heterocycles. The Kier molecular flexibility index (Phi) is 4.83. The summed E-state index contributed by atoms with van der Waals surface area (Å²) in [5.74, 6) is -0.952. The molecule has 0 N–H and O–H groups in total. The van der Waals surface area contributed by atoms with Crippen LogP contribution in [0.3, 0.4) is 0 Å². The van der Waals surface area contributed by atoms with Crippen molar-refractivity contribution in [1.82, 2.24) is 5.01 Å². The van der Waals surface area contributed by atoms with Crippen LogP contribution in [0.1, 0.15) is 53.5 Å². The number of fused-ring (bicyclic) bond motifs is 1. The van der Waals surface area contributed by atoms with E-state index in [1.54, 1.807) is 6.21 Å². The summed E-state index contributed by atoms with van der Waals surface area (Å²) in [7, 11) is 0. The average molecular weight is 487 g/mol. The van der Waals surface area contributed by atoms with Gasteiger partial charge in [0.05, 0.1) is 24.2 Å². The van der Waals surface area contributed by atoms with Crippen molar-refractivity contribution in [3.63, 3.8) is 0 Å². The molecule has 4 aromatic carbocycles. The first kappa shape index (κ1) is 22.0. The second kappa shape index (κ2) is 8.13. The first-order valence-corrected chi connectivity index (χ1v) is 12.8. The molecule has 4 aliphatic rings. The quantitative estimate of drug-likeness (QED) is 0.268. The van der Waals surface area contributed by atoms with Crippen molar-refractivity contribution >= 4 is 28.8 Å². The van der Waals surface area contributed by atoms with Gasteiger partial charge in [0.2, 0.25) is 0 Å². The minimum Gasteiger partial charge on any atom is -0.490 e. The maximum atomic E-state index is 13.9. The number of ether oxygens (including phenoxy) is 1. The molecule has 0 saturated carbocycles. The van der Waals surface area contributed by atoms with Gasteiger partial charge in [0.15, 0.2) is 0 Å². The molecule has 8 rings (SSSR count). The van der Waals surface area contributed by atoms with E-state index in [1.807, 2.05) is 74.5 Å². The van der Waals surface area contributed by atoms with E-state index in [0.29, 0.717) is 5.75 Å². The summed E-state index contributed by atoms with van der Waals surface area (Å²) in [6.07, 6.45) is 1.59. The molecule has 3 aliphatic carbocycles. The highest BCUT2D eigenvalue weighted by Crippen LogP contribution is 2.61. The van der Waals surface area contributed by atoms with E-state index < -0.39 is 11.8 Å². The maximum absolute atomic E-state index is 13.9. The first-order valence-electron chi connectivity index (χ1n) is 12.8. The molecule has 1 saturated heterocycles. The standard InChI is InChI=1S/C32H26N2O3/c1-18(2)37-26-16-15-19-9-3-4-10-20(19)25(26)17-33-34-31(35)29-27-21-11-5-6-12-22(21)28(30(29)32(34)36)24-14-8-7-13-23(24)27/h3-18,27-30H,1-2H3/b33-17-/t27?,28?,29-,30-/m1/s1. The SMILES string of the molecule is CC(C)Oc1ccc2ccccc2c1/C=N\N1C(=O)[C@@H]2C3c4ccccc4C(c4ccccc43)[C@H]2C1=O. The van der Waals surface area contributed by atoms with Gasteiger partial charge in [-0.3, -0.25) is 9.59 Å². The lowest BCUT2D eigenvalue weighted by Gasteiger charge is -2.45. The predicted molar refractivity (Wildman–Crippen MR) is 143 cm³/mol. The Labute approximate surface area is 215 Å². The van der Waals surface area contributed by atoms with Gasteiger partial charge in [-0.2, -0.15) is 10.1 Å². The predicted octanol–water partition coefficient (Wildman–Crippen LogP) is 5.85. The fourth-order valence-electron chi connectivity index (χ4n) is 6.66. The number of hydrazone groups is 1. The Morgan fingerprint density at radius 2 is 1.24 bits per heavy atom. The molecule has 2 amide bonds. The number of rotatable bonds is 4. The van der Waals surface area contributed by atoms with E-state index in [0.717, 1.165) is 43.6 Å². The Hall–Kier alpha value is -4.25. The van der Waals surface area contributed by atoms with Gasteiger partial charge in [-0.15, -0.1) is 0 Å². The fourth-order valence-corrected chi connectivity index (χ4v) is 6.66. The third-order valence-corrected chi connectivity index (χ3v) is 8.02. The van der Waals surface area contributed by atoms with E-state index in [1.165, 1.54) is 0 Å². The van der Waals surface area contributed by atoms with Gasteiger partial charge < -0.3 is 4.74 Å². The zero-order chi connectivity index (χ0) is 25.3. The van der Waals surface area contributed by atoms with Crippen LogP contribution in [0.4, 0.5) is 0 Å². The number of carbonyl (C=O) groups excluding carboxylic acids is 2. The van der Waals surface area contributed by atoms with Gasteiger partial charge >= 0.3 is 0 Å². The van der Waals surface area contributed by atoms with Crippen LogP contribution >= 0.6 is 0 Å². The number of hydrogen-bond donors (Lipinski definition) is 0. The van der Waals surface area contributed by atoms with Crippen molar-refractivity contribution in [2.75, 3.05) is 0 Å². The Balaban J connectivity index is 1.33. The third-order valence-electron chi connectivity index (χ3n) is 8.02. The first-order chi connectivity index (χ1) is 18.0. The highest BCUT2D eigenvalue weighted by atomic mass is 16.5. The van der Waals surface area contributed by atoms with Crippen LogP contribution in [0, 0.1) is 11.8 Å². The number of amides is 2. The zero-order valence-corrected chi connectivity index (χ0v) is 20.7. The van der Waals surface area contributed by atoms with Gasteiger partial charge in [0.25, 0.3) is 11.8 Å². The molecule has 37 heavy (non-hydrogen) atoms. The molecule has 5 nitrogen and oxygen atoms in total. The highest BCUT2D eigenvalue weighted by Gasteiger charge is 2.61. The van der Waals surface area contributed by atoms with Gasteiger partial charge in [-0.25, -0.2) is 0 Å². The van der Waals surface area contributed by atoms with E-state index in [-0.39, 0.29) is 29.8 Å². The summed E-state index contributed by atoms with van der Waals surface area (Å²) in [4.78, 5) is 27.7. The van der Waals surface area contributed by atoms with Crippen LogP contribution in [-0.4, -0.2) is 29.1 Å². The molecular weight excluding hydrogens is 460 g/mol. The van der Waals surface area contributed by atoms with E-state index >= 15 is 0 Å².